The first-order chi connectivity index (χ1) is 10.2. The maximum atomic E-state index is 11.9. The number of nitrogens with one attached hydrogen (secondary N) is 1. The van der Waals surface area contributed by atoms with Crippen LogP contribution in [0.1, 0.15) is 21.5 Å². The van der Waals surface area contributed by atoms with Crippen molar-refractivity contribution in [3.63, 3.8) is 0 Å². The van der Waals surface area contributed by atoms with Crippen LogP contribution in [0.2, 0.25) is 0 Å². The maximum absolute atomic E-state index is 11.9. The zero-order chi connectivity index (χ0) is 14.8. The van der Waals surface area contributed by atoms with E-state index in [1.54, 1.807) is 14.2 Å². The monoisotopic (exact) mass is 281 g/mol. The Balaban J connectivity index is 2.09. The van der Waals surface area contributed by atoms with E-state index in [9.17, 15) is 4.79 Å². The lowest BCUT2D eigenvalue weighted by Gasteiger charge is -2.08. The quantitative estimate of drug-likeness (QED) is 0.941. The first-order valence-corrected chi connectivity index (χ1v) is 6.57. The molecule has 0 saturated carbocycles. The van der Waals surface area contributed by atoms with Gasteiger partial charge >= 0.3 is 0 Å². The van der Waals surface area contributed by atoms with E-state index in [0.29, 0.717) is 5.56 Å². The Morgan fingerprint density at radius 3 is 2.48 bits per heavy atom. The molecule has 0 spiro atoms. The van der Waals surface area contributed by atoms with Crippen LogP contribution >= 0.6 is 0 Å². The van der Waals surface area contributed by atoms with E-state index >= 15 is 0 Å². The third kappa shape index (κ3) is 2.36. The zero-order valence-electron chi connectivity index (χ0n) is 11.8. The van der Waals surface area contributed by atoms with Gasteiger partial charge in [0.2, 0.25) is 0 Å². The predicted molar refractivity (Wildman–Crippen MR) is 81.3 cm³/mol. The van der Waals surface area contributed by atoms with Crippen molar-refractivity contribution in [1.29, 1.82) is 0 Å². The average Bonchev–Trinajstić information content (AvgIpc) is 2.84. The zero-order valence-corrected chi connectivity index (χ0v) is 11.8. The van der Waals surface area contributed by atoms with Gasteiger partial charge in [0.05, 0.1) is 14.2 Å². The highest BCUT2D eigenvalue weighted by Crippen LogP contribution is 2.30. The second-order valence-corrected chi connectivity index (χ2v) is 4.67. The Bertz CT molecular complexity index is 735. The van der Waals surface area contributed by atoms with E-state index in [1.807, 2.05) is 48.5 Å². The average molecular weight is 281 g/mol. The van der Waals surface area contributed by atoms with Crippen molar-refractivity contribution in [1.82, 2.24) is 5.32 Å². The highest BCUT2D eigenvalue weighted by atomic mass is 16.5. The Hall–Kier alpha value is -2.75. The summed E-state index contributed by atoms with van der Waals surface area (Å²) in [5, 5.41) is 2.88. The number of fused-ring (bicyclic) bond motifs is 1. The molecule has 21 heavy (non-hydrogen) atoms. The molecule has 0 radical (unpaired) electrons. The van der Waals surface area contributed by atoms with Gasteiger partial charge in [0.15, 0.2) is 0 Å². The molecular formula is C17H15NO3. The summed E-state index contributed by atoms with van der Waals surface area (Å²) in [6.07, 6.45) is 1.89. The molecular weight excluding hydrogens is 266 g/mol. The fraction of sp³-hybridized carbons (Fsp3) is 0.118. The molecule has 1 amide bonds. The molecule has 1 aliphatic heterocycles. The number of rotatable bonds is 3. The fourth-order valence-corrected chi connectivity index (χ4v) is 2.39. The number of carbonyl (C=O) groups excluding carboxylic acids is 1. The molecule has 106 valence electrons. The van der Waals surface area contributed by atoms with Gasteiger partial charge in [-0.25, -0.2) is 0 Å². The lowest BCUT2D eigenvalue weighted by Crippen LogP contribution is -2.11. The first-order valence-electron chi connectivity index (χ1n) is 6.57. The van der Waals surface area contributed by atoms with Crippen molar-refractivity contribution in [2.24, 2.45) is 0 Å². The van der Waals surface area contributed by atoms with Gasteiger partial charge in [-0.3, -0.25) is 4.79 Å². The number of carbonyl (C=O) groups is 1. The Morgan fingerprint density at radius 2 is 1.76 bits per heavy atom. The number of methoxy groups -OCH3 is 2. The summed E-state index contributed by atoms with van der Waals surface area (Å²) < 4.78 is 10.6. The normalized spacial score (nSPS) is 14.8. The number of hydrogen-bond donors (Lipinski definition) is 1. The van der Waals surface area contributed by atoms with Crippen LogP contribution < -0.4 is 14.8 Å². The molecule has 1 heterocycles. The van der Waals surface area contributed by atoms with Crippen LogP contribution in [0.15, 0.2) is 42.5 Å². The van der Waals surface area contributed by atoms with Gasteiger partial charge in [-0.15, -0.1) is 0 Å². The number of hydrogen-bond acceptors (Lipinski definition) is 3. The maximum Gasteiger partial charge on any atom is 0.256 e. The van der Waals surface area contributed by atoms with E-state index in [4.69, 9.17) is 9.47 Å². The standard InChI is InChI=1S/C17H15NO3/c1-20-12-7-8-16(21-2)11(9-12)10-15-13-5-3-4-6-14(13)17(19)18-15/h3-10H,1-2H3,(H,18,19)/b15-10+. The lowest BCUT2D eigenvalue weighted by molar-refractivity contribution is 0.0981. The number of ether oxygens (including phenoxy) is 2. The van der Waals surface area contributed by atoms with Crippen LogP contribution in [-0.2, 0) is 0 Å². The van der Waals surface area contributed by atoms with E-state index in [0.717, 1.165) is 28.3 Å². The molecule has 3 rings (SSSR count). The minimum absolute atomic E-state index is 0.0845. The molecule has 0 atom stereocenters. The van der Waals surface area contributed by atoms with Crippen LogP contribution in [0, 0.1) is 0 Å². The molecule has 4 nitrogen and oxygen atoms in total. The molecule has 0 aromatic heterocycles. The molecule has 1 aliphatic rings. The fourth-order valence-electron chi connectivity index (χ4n) is 2.39. The van der Waals surface area contributed by atoms with E-state index in [-0.39, 0.29) is 5.91 Å². The predicted octanol–water partition coefficient (Wildman–Crippen LogP) is 2.95. The highest BCUT2D eigenvalue weighted by molar-refractivity contribution is 6.11. The van der Waals surface area contributed by atoms with E-state index in [1.165, 1.54) is 0 Å². The van der Waals surface area contributed by atoms with Gasteiger partial charge in [0.25, 0.3) is 5.91 Å². The summed E-state index contributed by atoms with van der Waals surface area (Å²) in [4.78, 5) is 11.9. The third-order valence-corrected chi connectivity index (χ3v) is 3.45. The first kappa shape index (κ1) is 13.2. The minimum atomic E-state index is -0.0845. The SMILES string of the molecule is COc1ccc(OC)c(/C=C2/NC(=O)c3ccccc32)c1. The van der Waals surface area contributed by atoms with Gasteiger partial charge in [-0.2, -0.15) is 0 Å². The van der Waals surface area contributed by atoms with Crippen LogP contribution in [0.25, 0.3) is 11.8 Å². The van der Waals surface area contributed by atoms with Crippen LogP contribution in [0.5, 0.6) is 11.5 Å². The Kier molecular flexibility index (Phi) is 3.36. The topological polar surface area (TPSA) is 47.6 Å². The van der Waals surface area contributed by atoms with Crippen LogP contribution in [0.3, 0.4) is 0 Å². The van der Waals surface area contributed by atoms with Crippen molar-refractivity contribution in [3.05, 3.63) is 59.2 Å². The summed E-state index contributed by atoms with van der Waals surface area (Å²) >= 11 is 0. The van der Waals surface area contributed by atoms with E-state index < -0.39 is 0 Å². The molecule has 4 heteroatoms. The van der Waals surface area contributed by atoms with E-state index in [2.05, 4.69) is 5.32 Å². The number of benzene rings is 2. The van der Waals surface area contributed by atoms with Crippen molar-refractivity contribution < 1.29 is 14.3 Å². The lowest BCUT2D eigenvalue weighted by atomic mass is 10.1. The van der Waals surface area contributed by atoms with Gasteiger partial charge in [-0.05, 0) is 30.3 Å². The molecule has 1 N–H and O–H groups in total. The van der Waals surface area contributed by atoms with Gasteiger partial charge < -0.3 is 14.8 Å². The summed E-state index contributed by atoms with van der Waals surface area (Å²) in [6.45, 7) is 0. The highest BCUT2D eigenvalue weighted by Gasteiger charge is 2.23. The summed E-state index contributed by atoms with van der Waals surface area (Å²) in [7, 11) is 3.23. The smallest absolute Gasteiger partial charge is 0.256 e. The van der Waals surface area contributed by atoms with Crippen LogP contribution in [-0.4, -0.2) is 20.1 Å². The second-order valence-electron chi connectivity index (χ2n) is 4.67. The molecule has 0 aliphatic carbocycles. The molecule has 2 aromatic rings. The van der Waals surface area contributed by atoms with Crippen LogP contribution in [0.4, 0.5) is 0 Å². The van der Waals surface area contributed by atoms with Crippen molar-refractivity contribution >= 4 is 17.7 Å². The molecule has 2 aromatic carbocycles. The van der Waals surface area contributed by atoms with Crippen molar-refractivity contribution in [2.45, 2.75) is 0 Å². The van der Waals surface area contributed by atoms with Gasteiger partial charge in [-0.1, -0.05) is 18.2 Å². The Labute approximate surface area is 123 Å². The Morgan fingerprint density at radius 1 is 1.00 bits per heavy atom. The number of amides is 1. The summed E-state index contributed by atoms with van der Waals surface area (Å²) in [5.74, 6) is 1.38. The largest absolute Gasteiger partial charge is 0.497 e. The minimum Gasteiger partial charge on any atom is -0.497 e. The van der Waals surface area contributed by atoms with Crippen molar-refractivity contribution in [2.75, 3.05) is 14.2 Å². The summed E-state index contributed by atoms with van der Waals surface area (Å²) in [5.41, 5.74) is 3.20. The molecule has 0 fully saturated rings. The molecule has 0 bridgehead atoms. The third-order valence-electron chi connectivity index (χ3n) is 3.45. The van der Waals surface area contributed by atoms with Gasteiger partial charge in [0, 0.05) is 22.4 Å². The second kappa shape index (κ2) is 5.32. The summed E-state index contributed by atoms with van der Waals surface area (Å²) in [6, 6.07) is 13.1. The molecule has 0 unspecified atom stereocenters. The van der Waals surface area contributed by atoms with Gasteiger partial charge in [0.1, 0.15) is 11.5 Å². The van der Waals surface area contributed by atoms with Crippen molar-refractivity contribution in [3.8, 4) is 11.5 Å². The molecule has 0 saturated heterocycles.